The fraction of sp³-hybridized carbons (Fsp3) is 0.429. The van der Waals surface area contributed by atoms with Gasteiger partial charge in [0.25, 0.3) is 0 Å². The van der Waals surface area contributed by atoms with Crippen LogP contribution in [0.1, 0.15) is 20.3 Å². The van der Waals surface area contributed by atoms with Gasteiger partial charge in [-0.1, -0.05) is 13.8 Å². The maximum atomic E-state index is 12.1. The van der Waals surface area contributed by atoms with Crippen LogP contribution in [-0.4, -0.2) is 24.0 Å². The molecule has 0 aromatic heterocycles. The molecule has 0 heterocycles. The minimum atomic E-state index is -0.186. The van der Waals surface area contributed by atoms with E-state index in [0.717, 1.165) is 0 Å². The van der Waals surface area contributed by atoms with Crippen molar-refractivity contribution < 1.29 is 4.79 Å². The van der Waals surface area contributed by atoms with Crippen molar-refractivity contribution >= 4 is 17.4 Å². The van der Waals surface area contributed by atoms with Gasteiger partial charge in [0, 0.05) is 24.5 Å². The fourth-order valence-corrected chi connectivity index (χ4v) is 1.67. The molecule has 3 N–H and O–H groups in total. The summed E-state index contributed by atoms with van der Waals surface area (Å²) in [5.41, 5.74) is 6.94. The van der Waals surface area contributed by atoms with Crippen molar-refractivity contribution in [2.75, 3.05) is 24.1 Å². The highest BCUT2D eigenvalue weighted by Gasteiger charge is 2.14. The van der Waals surface area contributed by atoms with Crippen LogP contribution in [0, 0.1) is 17.2 Å². The number of hydrogen-bond acceptors (Lipinski definition) is 3. The van der Waals surface area contributed by atoms with Gasteiger partial charge in [0.05, 0.1) is 12.5 Å². The van der Waals surface area contributed by atoms with Gasteiger partial charge >= 0.3 is 6.03 Å². The molecule has 1 aromatic carbocycles. The number of nitrogens with zero attached hydrogens (tertiary/aromatic N) is 2. The second-order valence-electron chi connectivity index (χ2n) is 4.80. The lowest BCUT2D eigenvalue weighted by molar-refractivity contribution is 0.206. The topological polar surface area (TPSA) is 82.2 Å². The van der Waals surface area contributed by atoms with Gasteiger partial charge in [0.1, 0.15) is 0 Å². The predicted molar refractivity (Wildman–Crippen MR) is 76.5 cm³/mol. The van der Waals surface area contributed by atoms with E-state index in [1.165, 1.54) is 0 Å². The Labute approximate surface area is 114 Å². The summed E-state index contributed by atoms with van der Waals surface area (Å²) < 4.78 is 0. The molecule has 0 radical (unpaired) electrons. The summed E-state index contributed by atoms with van der Waals surface area (Å²) in [7, 11) is 0. The molecular weight excluding hydrogens is 240 g/mol. The van der Waals surface area contributed by atoms with Gasteiger partial charge in [-0.25, -0.2) is 4.79 Å². The molecule has 0 aliphatic carbocycles. The minimum absolute atomic E-state index is 0.186. The van der Waals surface area contributed by atoms with Gasteiger partial charge in [0.2, 0.25) is 0 Å². The Morgan fingerprint density at radius 3 is 2.58 bits per heavy atom. The number of hydrogen-bond donors (Lipinski definition) is 2. The third-order valence-corrected chi connectivity index (χ3v) is 2.53. The summed E-state index contributed by atoms with van der Waals surface area (Å²) in [6.45, 7) is 5.14. The van der Waals surface area contributed by atoms with Gasteiger partial charge in [-0.05, 0) is 30.2 Å². The van der Waals surface area contributed by atoms with Crippen molar-refractivity contribution in [3.8, 4) is 6.07 Å². The highest BCUT2D eigenvalue weighted by atomic mass is 16.2. The van der Waals surface area contributed by atoms with Crippen molar-refractivity contribution in [2.24, 2.45) is 5.92 Å². The largest absolute Gasteiger partial charge is 0.399 e. The zero-order chi connectivity index (χ0) is 14.3. The fourth-order valence-electron chi connectivity index (χ4n) is 1.67. The highest BCUT2D eigenvalue weighted by molar-refractivity contribution is 5.89. The molecule has 0 fully saturated rings. The van der Waals surface area contributed by atoms with Crippen molar-refractivity contribution in [2.45, 2.75) is 20.3 Å². The molecule has 2 amide bonds. The first-order valence-electron chi connectivity index (χ1n) is 6.31. The first kappa shape index (κ1) is 14.8. The minimum Gasteiger partial charge on any atom is -0.399 e. The molecule has 0 unspecified atom stereocenters. The van der Waals surface area contributed by atoms with Crippen molar-refractivity contribution in [3.63, 3.8) is 0 Å². The van der Waals surface area contributed by atoms with Crippen LogP contribution in [0.5, 0.6) is 0 Å². The van der Waals surface area contributed by atoms with Crippen LogP contribution in [0.25, 0.3) is 0 Å². The van der Waals surface area contributed by atoms with E-state index in [1.54, 1.807) is 29.2 Å². The normalized spacial score (nSPS) is 10.0. The number of urea groups is 1. The quantitative estimate of drug-likeness (QED) is 0.798. The third-order valence-electron chi connectivity index (χ3n) is 2.53. The van der Waals surface area contributed by atoms with Crippen LogP contribution in [0.4, 0.5) is 16.2 Å². The Bertz CT molecular complexity index is 448. The van der Waals surface area contributed by atoms with Crippen LogP contribution >= 0.6 is 0 Å². The van der Waals surface area contributed by atoms with Gasteiger partial charge < -0.3 is 16.0 Å². The van der Waals surface area contributed by atoms with Gasteiger partial charge in [-0.15, -0.1) is 0 Å². The standard InChI is InChI=1S/C14H20N4O/c1-11(2)10-18(9-3-8-15)14(19)17-13-6-4-12(16)5-7-13/h4-7,11H,3,9-10,16H2,1-2H3,(H,17,19). The summed E-state index contributed by atoms with van der Waals surface area (Å²) >= 11 is 0. The first-order chi connectivity index (χ1) is 9.02. The molecule has 0 aliphatic rings. The lowest BCUT2D eigenvalue weighted by atomic mass is 10.2. The smallest absolute Gasteiger partial charge is 0.321 e. The van der Waals surface area contributed by atoms with Crippen LogP contribution in [-0.2, 0) is 0 Å². The molecule has 5 heteroatoms. The molecule has 0 saturated heterocycles. The van der Waals surface area contributed by atoms with E-state index < -0.39 is 0 Å². The Morgan fingerprint density at radius 2 is 2.05 bits per heavy atom. The highest BCUT2D eigenvalue weighted by Crippen LogP contribution is 2.12. The summed E-state index contributed by atoms with van der Waals surface area (Å²) in [5, 5.41) is 11.4. The number of amides is 2. The lowest BCUT2D eigenvalue weighted by Gasteiger charge is -2.24. The summed E-state index contributed by atoms with van der Waals surface area (Å²) in [6.07, 6.45) is 0.335. The number of nitrogen functional groups attached to an aromatic ring is 1. The Morgan fingerprint density at radius 1 is 1.42 bits per heavy atom. The SMILES string of the molecule is CC(C)CN(CCC#N)C(=O)Nc1ccc(N)cc1. The number of nitrogens with one attached hydrogen (secondary N) is 1. The van der Waals surface area contributed by atoms with Crippen LogP contribution in [0.15, 0.2) is 24.3 Å². The second-order valence-corrected chi connectivity index (χ2v) is 4.80. The zero-order valence-corrected chi connectivity index (χ0v) is 11.4. The summed E-state index contributed by atoms with van der Waals surface area (Å²) in [6, 6.07) is 8.85. The van der Waals surface area contributed by atoms with E-state index in [0.29, 0.717) is 36.8 Å². The van der Waals surface area contributed by atoms with Crippen LogP contribution in [0.3, 0.4) is 0 Å². The molecule has 0 atom stereocenters. The van der Waals surface area contributed by atoms with E-state index in [1.807, 2.05) is 13.8 Å². The van der Waals surface area contributed by atoms with Crippen LogP contribution in [0.2, 0.25) is 0 Å². The van der Waals surface area contributed by atoms with E-state index in [-0.39, 0.29) is 6.03 Å². The third kappa shape index (κ3) is 5.30. The number of rotatable bonds is 5. The van der Waals surface area contributed by atoms with Gasteiger partial charge in [0.15, 0.2) is 0 Å². The molecule has 0 saturated carbocycles. The molecule has 0 aliphatic heterocycles. The Kier molecular flexibility index (Phi) is 5.68. The van der Waals surface area contributed by atoms with Crippen molar-refractivity contribution in [1.82, 2.24) is 4.90 Å². The Hall–Kier alpha value is -2.22. The molecule has 0 bridgehead atoms. The lowest BCUT2D eigenvalue weighted by Crippen LogP contribution is -2.38. The Balaban J connectivity index is 2.65. The first-order valence-corrected chi connectivity index (χ1v) is 6.31. The number of carbonyl (C=O) groups is 1. The van der Waals surface area contributed by atoms with E-state index in [4.69, 9.17) is 11.0 Å². The average molecular weight is 260 g/mol. The zero-order valence-electron chi connectivity index (χ0n) is 11.4. The van der Waals surface area contributed by atoms with Crippen LogP contribution < -0.4 is 11.1 Å². The van der Waals surface area contributed by atoms with E-state index in [9.17, 15) is 4.79 Å². The van der Waals surface area contributed by atoms with Gasteiger partial charge in [-0.2, -0.15) is 5.26 Å². The number of anilines is 2. The monoisotopic (exact) mass is 260 g/mol. The maximum Gasteiger partial charge on any atom is 0.321 e. The molecule has 5 nitrogen and oxygen atoms in total. The summed E-state index contributed by atoms with van der Waals surface area (Å²) in [5.74, 6) is 0.357. The number of benzene rings is 1. The molecule has 1 aromatic rings. The molecule has 1 rings (SSSR count). The predicted octanol–water partition coefficient (Wildman–Crippen LogP) is 2.67. The van der Waals surface area contributed by atoms with E-state index in [2.05, 4.69) is 11.4 Å². The number of carbonyl (C=O) groups excluding carboxylic acids is 1. The van der Waals surface area contributed by atoms with Gasteiger partial charge in [-0.3, -0.25) is 0 Å². The van der Waals surface area contributed by atoms with Crippen molar-refractivity contribution in [3.05, 3.63) is 24.3 Å². The molecule has 102 valence electrons. The van der Waals surface area contributed by atoms with Crippen molar-refractivity contribution in [1.29, 1.82) is 5.26 Å². The number of nitriles is 1. The summed E-state index contributed by atoms with van der Waals surface area (Å²) in [4.78, 5) is 13.8. The molecule has 19 heavy (non-hydrogen) atoms. The van der Waals surface area contributed by atoms with E-state index >= 15 is 0 Å². The average Bonchev–Trinajstić information content (AvgIpc) is 2.36. The second kappa shape index (κ2) is 7.27. The number of nitrogens with two attached hydrogens (primary N) is 1. The maximum absolute atomic E-state index is 12.1. The molecule has 0 spiro atoms. The molecular formula is C14H20N4O.